The van der Waals surface area contributed by atoms with Gasteiger partial charge in [0.25, 0.3) is 5.91 Å². The molecule has 116 valence electrons. The van der Waals surface area contributed by atoms with E-state index in [9.17, 15) is 9.90 Å². The van der Waals surface area contributed by atoms with Gasteiger partial charge in [0.2, 0.25) is 0 Å². The van der Waals surface area contributed by atoms with Crippen LogP contribution in [-0.4, -0.2) is 17.6 Å². The number of hydrogen-bond donors (Lipinski definition) is 3. The molecule has 23 heavy (non-hydrogen) atoms. The highest BCUT2D eigenvalue weighted by Crippen LogP contribution is 2.10. The van der Waals surface area contributed by atoms with Crippen molar-refractivity contribution in [3.8, 4) is 11.8 Å². The molecule has 2 aromatic carbocycles. The molecule has 5 nitrogen and oxygen atoms in total. The lowest BCUT2D eigenvalue weighted by Crippen LogP contribution is -2.27. The summed E-state index contributed by atoms with van der Waals surface area (Å²) >= 11 is 0. The van der Waals surface area contributed by atoms with Crippen LogP contribution in [0.3, 0.4) is 0 Å². The minimum atomic E-state index is -0.422. The van der Waals surface area contributed by atoms with Crippen molar-refractivity contribution < 1.29 is 9.90 Å². The average Bonchev–Trinajstić information content (AvgIpc) is 2.58. The van der Waals surface area contributed by atoms with Gasteiger partial charge in [-0.05, 0) is 36.2 Å². The van der Waals surface area contributed by atoms with Gasteiger partial charge in [-0.3, -0.25) is 4.79 Å². The quantitative estimate of drug-likeness (QED) is 0.565. The molecule has 0 heterocycles. The van der Waals surface area contributed by atoms with Crippen LogP contribution in [0.15, 0.2) is 66.4 Å². The third-order valence-corrected chi connectivity index (χ3v) is 3.16. The second kappa shape index (κ2) is 8.25. The molecule has 5 heteroatoms. The number of hydrogen-bond acceptors (Lipinski definition) is 4. The van der Waals surface area contributed by atoms with Crippen LogP contribution in [0.5, 0.6) is 5.75 Å². The SMILES string of the molecule is N#C/C(=C/Nc1ccccc1)C(=O)NCCc1ccc(O)cc1. The average molecular weight is 307 g/mol. The van der Waals surface area contributed by atoms with Gasteiger partial charge in [0.05, 0.1) is 0 Å². The van der Waals surface area contributed by atoms with Gasteiger partial charge in [-0.2, -0.15) is 5.26 Å². The van der Waals surface area contributed by atoms with E-state index in [2.05, 4.69) is 10.6 Å². The number of amides is 1. The van der Waals surface area contributed by atoms with Gasteiger partial charge in [-0.25, -0.2) is 0 Å². The van der Waals surface area contributed by atoms with Crippen molar-refractivity contribution in [2.75, 3.05) is 11.9 Å². The predicted octanol–water partition coefficient (Wildman–Crippen LogP) is 2.57. The zero-order valence-corrected chi connectivity index (χ0v) is 12.5. The molecule has 3 N–H and O–H groups in total. The van der Waals surface area contributed by atoms with Gasteiger partial charge in [0.1, 0.15) is 17.4 Å². The van der Waals surface area contributed by atoms with E-state index in [0.29, 0.717) is 13.0 Å². The van der Waals surface area contributed by atoms with E-state index in [1.54, 1.807) is 24.3 Å². The van der Waals surface area contributed by atoms with Crippen LogP contribution in [0.4, 0.5) is 5.69 Å². The first-order chi connectivity index (χ1) is 11.2. The first-order valence-corrected chi connectivity index (χ1v) is 7.17. The Bertz CT molecular complexity index is 716. The van der Waals surface area contributed by atoms with Crippen molar-refractivity contribution >= 4 is 11.6 Å². The van der Waals surface area contributed by atoms with Crippen molar-refractivity contribution in [1.29, 1.82) is 5.26 Å². The Labute approximate surface area is 134 Å². The van der Waals surface area contributed by atoms with E-state index in [1.165, 1.54) is 6.20 Å². The van der Waals surface area contributed by atoms with E-state index in [-0.39, 0.29) is 11.3 Å². The molecule has 0 fully saturated rings. The Hall–Kier alpha value is -3.26. The van der Waals surface area contributed by atoms with Crippen LogP contribution in [0.2, 0.25) is 0 Å². The Morgan fingerprint density at radius 2 is 1.83 bits per heavy atom. The van der Waals surface area contributed by atoms with Crippen LogP contribution in [-0.2, 0) is 11.2 Å². The Kier molecular flexibility index (Phi) is 5.78. The van der Waals surface area contributed by atoms with Crippen LogP contribution >= 0.6 is 0 Å². The Balaban J connectivity index is 1.85. The molecule has 0 aromatic heterocycles. The highest BCUT2D eigenvalue weighted by molar-refractivity contribution is 5.97. The number of anilines is 1. The molecular formula is C18H17N3O2. The molecule has 1 amide bonds. The summed E-state index contributed by atoms with van der Waals surface area (Å²) in [5, 5.41) is 23.9. The molecule has 0 atom stereocenters. The standard InChI is InChI=1S/C18H17N3O2/c19-12-15(13-21-16-4-2-1-3-5-16)18(23)20-11-10-14-6-8-17(22)9-7-14/h1-9,13,21-22H,10-11H2,(H,20,23)/b15-13-. The topological polar surface area (TPSA) is 85.2 Å². The lowest BCUT2D eigenvalue weighted by Gasteiger charge is -2.05. The molecule has 2 aromatic rings. The van der Waals surface area contributed by atoms with Gasteiger partial charge in [-0.15, -0.1) is 0 Å². The Morgan fingerprint density at radius 1 is 1.13 bits per heavy atom. The third-order valence-electron chi connectivity index (χ3n) is 3.16. The van der Waals surface area contributed by atoms with Crippen molar-refractivity contribution in [3.05, 3.63) is 71.9 Å². The number of nitriles is 1. The molecular weight excluding hydrogens is 290 g/mol. The smallest absolute Gasteiger partial charge is 0.263 e. The van der Waals surface area contributed by atoms with Crippen molar-refractivity contribution in [2.45, 2.75) is 6.42 Å². The Morgan fingerprint density at radius 3 is 2.48 bits per heavy atom. The van der Waals surface area contributed by atoms with Gasteiger partial charge in [0, 0.05) is 18.4 Å². The summed E-state index contributed by atoms with van der Waals surface area (Å²) in [7, 11) is 0. The minimum absolute atomic E-state index is 0.0135. The largest absolute Gasteiger partial charge is 0.508 e. The summed E-state index contributed by atoms with van der Waals surface area (Å²) in [4.78, 5) is 12.0. The fourth-order valence-corrected chi connectivity index (χ4v) is 1.92. The molecule has 0 spiro atoms. The first-order valence-electron chi connectivity index (χ1n) is 7.17. The second-order valence-electron chi connectivity index (χ2n) is 4.85. The lowest BCUT2D eigenvalue weighted by atomic mass is 10.1. The number of phenolic OH excluding ortho intramolecular Hbond substituents is 1. The van der Waals surface area contributed by atoms with E-state index in [4.69, 9.17) is 5.26 Å². The molecule has 0 radical (unpaired) electrons. The number of phenols is 1. The van der Waals surface area contributed by atoms with Crippen molar-refractivity contribution in [1.82, 2.24) is 5.32 Å². The highest BCUT2D eigenvalue weighted by Gasteiger charge is 2.07. The lowest BCUT2D eigenvalue weighted by molar-refractivity contribution is -0.117. The summed E-state index contributed by atoms with van der Waals surface area (Å²) in [5.41, 5.74) is 1.81. The highest BCUT2D eigenvalue weighted by atomic mass is 16.3. The summed E-state index contributed by atoms with van der Waals surface area (Å²) in [6, 6.07) is 18.0. The summed E-state index contributed by atoms with van der Waals surface area (Å²) < 4.78 is 0. The minimum Gasteiger partial charge on any atom is -0.508 e. The monoisotopic (exact) mass is 307 g/mol. The number of para-hydroxylation sites is 1. The number of carbonyl (C=O) groups excluding carboxylic acids is 1. The molecule has 0 aliphatic carbocycles. The summed E-state index contributed by atoms with van der Waals surface area (Å²) in [6.45, 7) is 0.411. The van der Waals surface area contributed by atoms with Crippen molar-refractivity contribution in [2.24, 2.45) is 0 Å². The molecule has 0 saturated carbocycles. The summed E-state index contributed by atoms with van der Waals surface area (Å²) in [5.74, 6) is -0.214. The molecule has 0 unspecified atom stereocenters. The maximum absolute atomic E-state index is 12.0. The normalized spacial score (nSPS) is 10.7. The number of carbonyl (C=O) groups is 1. The molecule has 0 bridgehead atoms. The zero-order valence-electron chi connectivity index (χ0n) is 12.5. The van der Waals surface area contributed by atoms with Crippen LogP contribution in [0.1, 0.15) is 5.56 Å². The van der Waals surface area contributed by atoms with Gasteiger partial charge in [-0.1, -0.05) is 30.3 Å². The fraction of sp³-hybridized carbons (Fsp3) is 0.111. The molecule has 0 aliphatic rings. The predicted molar refractivity (Wildman–Crippen MR) is 88.6 cm³/mol. The molecule has 2 rings (SSSR count). The maximum atomic E-state index is 12.0. The van der Waals surface area contributed by atoms with E-state index >= 15 is 0 Å². The van der Waals surface area contributed by atoms with Gasteiger partial charge in [0.15, 0.2) is 0 Å². The number of rotatable bonds is 6. The van der Waals surface area contributed by atoms with Crippen LogP contribution < -0.4 is 10.6 Å². The first kappa shape index (κ1) is 16.1. The fourth-order valence-electron chi connectivity index (χ4n) is 1.92. The second-order valence-corrected chi connectivity index (χ2v) is 4.85. The number of nitrogens with zero attached hydrogens (tertiary/aromatic N) is 1. The van der Waals surface area contributed by atoms with E-state index in [0.717, 1.165) is 11.3 Å². The summed E-state index contributed by atoms with van der Waals surface area (Å²) in [6.07, 6.45) is 2.02. The number of aromatic hydroxyl groups is 1. The van der Waals surface area contributed by atoms with Crippen LogP contribution in [0, 0.1) is 11.3 Å². The molecule has 0 aliphatic heterocycles. The van der Waals surface area contributed by atoms with Crippen molar-refractivity contribution in [3.63, 3.8) is 0 Å². The van der Waals surface area contributed by atoms with E-state index < -0.39 is 5.91 Å². The van der Waals surface area contributed by atoms with E-state index in [1.807, 2.05) is 36.4 Å². The van der Waals surface area contributed by atoms with Gasteiger partial charge >= 0.3 is 0 Å². The number of nitrogens with one attached hydrogen (secondary N) is 2. The third kappa shape index (κ3) is 5.21. The van der Waals surface area contributed by atoms with Crippen LogP contribution in [0.25, 0.3) is 0 Å². The maximum Gasteiger partial charge on any atom is 0.263 e. The van der Waals surface area contributed by atoms with Gasteiger partial charge < -0.3 is 15.7 Å². The number of benzene rings is 2. The zero-order chi connectivity index (χ0) is 16.5. The molecule has 0 saturated heterocycles.